The van der Waals surface area contributed by atoms with E-state index < -0.39 is 0 Å². The second kappa shape index (κ2) is 6.18. The number of hydrogen-bond acceptors (Lipinski definition) is 2. The number of aryl methyl sites for hydroxylation is 1. The van der Waals surface area contributed by atoms with Crippen LogP contribution in [0.5, 0.6) is 0 Å². The standard InChI is InChI=1S/C18H27N3/c1-13-11-15(18(19)20)8-9-16(13)12-21-10-4-7-17(21)14-5-2-3-6-14/h8-9,11,14,17H,2-7,10,12H2,1H3,(H3,19,20). The quantitative estimate of drug-likeness (QED) is 0.658. The average molecular weight is 285 g/mol. The van der Waals surface area contributed by atoms with Crippen molar-refractivity contribution in [2.24, 2.45) is 11.7 Å². The zero-order valence-electron chi connectivity index (χ0n) is 13.1. The van der Waals surface area contributed by atoms with Crippen molar-refractivity contribution in [3.63, 3.8) is 0 Å². The number of likely N-dealkylation sites (tertiary alicyclic amines) is 1. The summed E-state index contributed by atoms with van der Waals surface area (Å²) in [6, 6.07) is 7.01. The third-order valence-corrected chi connectivity index (χ3v) is 5.39. The van der Waals surface area contributed by atoms with Crippen LogP contribution < -0.4 is 5.73 Å². The minimum Gasteiger partial charge on any atom is -0.384 e. The Morgan fingerprint density at radius 1 is 1.24 bits per heavy atom. The largest absolute Gasteiger partial charge is 0.384 e. The highest BCUT2D eigenvalue weighted by molar-refractivity contribution is 5.95. The van der Waals surface area contributed by atoms with E-state index in [0.29, 0.717) is 0 Å². The first-order valence-electron chi connectivity index (χ1n) is 8.33. The zero-order valence-corrected chi connectivity index (χ0v) is 13.1. The number of nitrogen functional groups attached to an aromatic ring is 1. The highest BCUT2D eigenvalue weighted by Gasteiger charge is 2.33. The normalized spacial score (nSPS) is 23.8. The van der Waals surface area contributed by atoms with E-state index in [-0.39, 0.29) is 5.84 Å². The second-order valence-electron chi connectivity index (χ2n) is 6.78. The fourth-order valence-corrected chi connectivity index (χ4v) is 4.18. The van der Waals surface area contributed by atoms with Gasteiger partial charge in [0.15, 0.2) is 0 Å². The van der Waals surface area contributed by atoms with E-state index in [1.165, 1.54) is 56.2 Å². The molecule has 1 saturated heterocycles. The predicted molar refractivity (Wildman–Crippen MR) is 87.6 cm³/mol. The number of nitrogens with zero attached hydrogens (tertiary/aromatic N) is 1. The van der Waals surface area contributed by atoms with E-state index in [1.54, 1.807) is 0 Å². The summed E-state index contributed by atoms with van der Waals surface area (Å²) in [6.45, 7) is 4.45. The monoisotopic (exact) mass is 285 g/mol. The molecule has 0 spiro atoms. The summed E-state index contributed by atoms with van der Waals surface area (Å²) in [5.74, 6) is 1.10. The molecule has 2 aliphatic rings. The highest BCUT2D eigenvalue weighted by atomic mass is 15.2. The van der Waals surface area contributed by atoms with Crippen molar-refractivity contribution in [3.05, 3.63) is 34.9 Å². The molecule has 21 heavy (non-hydrogen) atoms. The van der Waals surface area contributed by atoms with Gasteiger partial charge in [0.25, 0.3) is 0 Å². The van der Waals surface area contributed by atoms with Gasteiger partial charge >= 0.3 is 0 Å². The molecule has 3 heteroatoms. The van der Waals surface area contributed by atoms with E-state index in [0.717, 1.165) is 24.1 Å². The lowest BCUT2D eigenvalue weighted by Gasteiger charge is -2.30. The van der Waals surface area contributed by atoms with Crippen LogP contribution in [0.4, 0.5) is 0 Å². The molecule has 1 saturated carbocycles. The minimum absolute atomic E-state index is 0.162. The van der Waals surface area contributed by atoms with Crippen molar-refractivity contribution in [1.29, 1.82) is 5.41 Å². The minimum atomic E-state index is 0.162. The lowest BCUT2D eigenvalue weighted by molar-refractivity contribution is 0.183. The SMILES string of the molecule is Cc1cc(C(=N)N)ccc1CN1CCCC1C1CCCC1. The maximum Gasteiger partial charge on any atom is 0.122 e. The molecular formula is C18H27N3. The molecule has 2 fully saturated rings. The molecule has 0 amide bonds. The maximum atomic E-state index is 7.54. The van der Waals surface area contributed by atoms with Gasteiger partial charge in [0, 0.05) is 18.2 Å². The third kappa shape index (κ3) is 3.13. The third-order valence-electron chi connectivity index (χ3n) is 5.39. The molecule has 1 aliphatic carbocycles. The molecule has 3 nitrogen and oxygen atoms in total. The number of benzene rings is 1. The van der Waals surface area contributed by atoms with Gasteiger partial charge in [0.05, 0.1) is 0 Å². The number of hydrogen-bond donors (Lipinski definition) is 2. The molecule has 0 bridgehead atoms. The van der Waals surface area contributed by atoms with Crippen molar-refractivity contribution in [2.75, 3.05) is 6.54 Å². The van der Waals surface area contributed by atoms with Crippen molar-refractivity contribution in [2.45, 2.75) is 58.0 Å². The Balaban J connectivity index is 1.71. The van der Waals surface area contributed by atoms with Crippen molar-refractivity contribution in [1.82, 2.24) is 4.90 Å². The number of amidine groups is 1. The molecule has 1 atom stereocenters. The van der Waals surface area contributed by atoms with Gasteiger partial charge in [-0.25, -0.2) is 0 Å². The Hall–Kier alpha value is -1.35. The first kappa shape index (κ1) is 14.6. The molecule has 1 aromatic carbocycles. The Morgan fingerprint density at radius 3 is 2.67 bits per heavy atom. The molecule has 114 valence electrons. The fourth-order valence-electron chi connectivity index (χ4n) is 4.18. The van der Waals surface area contributed by atoms with Crippen LogP contribution in [0.15, 0.2) is 18.2 Å². The van der Waals surface area contributed by atoms with Crippen LogP contribution in [0.1, 0.15) is 55.2 Å². The first-order chi connectivity index (χ1) is 10.1. The molecule has 1 heterocycles. The maximum absolute atomic E-state index is 7.54. The Kier molecular flexibility index (Phi) is 4.29. The number of nitrogens with one attached hydrogen (secondary N) is 1. The first-order valence-corrected chi connectivity index (χ1v) is 8.33. The van der Waals surface area contributed by atoms with Gasteiger partial charge in [-0.05, 0) is 62.3 Å². The lowest BCUT2D eigenvalue weighted by Crippen LogP contribution is -2.34. The lowest BCUT2D eigenvalue weighted by atomic mass is 9.95. The summed E-state index contributed by atoms with van der Waals surface area (Å²) in [7, 11) is 0. The van der Waals surface area contributed by atoms with Crippen LogP contribution in [0.2, 0.25) is 0 Å². The molecule has 1 aromatic rings. The summed E-state index contributed by atoms with van der Waals surface area (Å²) >= 11 is 0. The zero-order chi connectivity index (χ0) is 14.8. The molecule has 0 aromatic heterocycles. The van der Waals surface area contributed by atoms with Crippen LogP contribution in [-0.4, -0.2) is 23.3 Å². The Bertz CT molecular complexity index is 517. The predicted octanol–water partition coefficient (Wildman–Crippen LogP) is 3.43. The van der Waals surface area contributed by atoms with E-state index in [1.807, 2.05) is 6.07 Å². The van der Waals surface area contributed by atoms with Gasteiger partial charge < -0.3 is 5.73 Å². The van der Waals surface area contributed by atoms with E-state index in [9.17, 15) is 0 Å². The number of rotatable bonds is 4. The molecule has 0 radical (unpaired) electrons. The number of nitrogens with two attached hydrogens (primary N) is 1. The summed E-state index contributed by atoms with van der Waals surface area (Å²) in [4.78, 5) is 2.70. The van der Waals surface area contributed by atoms with Crippen molar-refractivity contribution < 1.29 is 0 Å². The topological polar surface area (TPSA) is 53.1 Å². The van der Waals surface area contributed by atoms with Gasteiger partial charge in [0.2, 0.25) is 0 Å². The smallest absolute Gasteiger partial charge is 0.122 e. The van der Waals surface area contributed by atoms with Crippen LogP contribution in [-0.2, 0) is 6.54 Å². The summed E-state index contributed by atoms with van der Waals surface area (Å²) in [5.41, 5.74) is 9.07. The Morgan fingerprint density at radius 2 is 2.00 bits per heavy atom. The fraction of sp³-hybridized carbons (Fsp3) is 0.611. The highest BCUT2D eigenvalue weighted by Crippen LogP contribution is 2.36. The van der Waals surface area contributed by atoms with Crippen LogP contribution >= 0.6 is 0 Å². The molecule has 3 N–H and O–H groups in total. The molecule has 1 aliphatic heterocycles. The second-order valence-corrected chi connectivity index (χ2v) is 6.78. The summed E-state index contributed by atoms with van der Waals surface area (Å²) < 4.78 is 0. The van der Waals surface area contributed by atoms with Crippen LogP contribution in [0, 0.1) is 18.3 Å². The van der Waals surface area contributed by atoms with Crippen molar-refractivity contribution >= 4 is 5.84 Å². The van der Waals surface area contributed by atoms with E-state index >= 15 is 0 Å². The summed E-state index contributed by atoms with van der Waals surface area (Å²) in [6.07, 6.45) is 8.47. The van der Waals surface area contributed by atoms with Gasteiger partial charge in [-0.3, -0.25) is 10.3 Å². The van der Waals surface area contributed by atoms with Crippen molar-refractivity contribution in [3.8, 4) is 0 Å². The molecule has 3 rings (SSSR count). The van der Waals surface area contributed by atoms with E-state index in [4.69, 9.17) is 11.1 Å². The van der Waals surface area contributed by atoms with Crippen LogP contribution in [0.3, 0.4) is 0 Å². The Labute approximate surface area is 128 Å². The van der Waals surface area contributed by atoms with E-state index in [2.05, 4.69) is 24.0 Å². The van der Waals surface area contributed by atoms with Gasteiger partial charge in [0.1, 0.15) is 5.84 Å². The molecule has 1 unspecified atom stereocenters. The van der Waals surface area contributed by atoms with Gasteiger partial charge in [-0.2, -0.15) is 0 Å². The average Bonchev–Trinajstić information content (AvgIpc) is 3.11. The van der Waals surface area contributed by atoms with Gasteiger partial charge in [-0.15, -0.1) is 0 Å². The van der Waals surface area contributed by atoms with Gasteiger partial charge in [-0.1, -0.05) is 25.0 Å². The summed E-state index contributed by atoms with van der Waals surface area (Å²) in [5, 5.41) is 7.54. The molecular weight excluding hydrogens is 258 g/mol. The van der Waals surface area contributed by atoms with Crippen LogP contribution in [0.25, 0.3) is 0 Å².